The zero-order chi connectivity index (χ0) is 35.6. The number of carbonyl (C=O) groups excluding carboxylic acids is 1. The van der Waals surface area contributed by atoms with Crippen LogP contribution in [0.25, 0.3) is 11.3 Å². The van der Waals surface area contributed by atoms with Crippen LogP contribution in [-0.2, 0) is 4.74 Å². The van der Waals surface area contributed by atoms with Gasteiger partial charge in [0.2, 0.25) is 11.8 Å². The minimum absolute atomic E-state index is 0.0876. The van der Waals surface area contributed by atoms with Gasteiger partial charge in [-0.1, -0.05) is 45.0 Å². The molecule has 3 aromatic rings. The largest absolute Gasteiger partial charge is 0.478 e. The van der Waals surface area contributed by atoms with Crippen LogP contribution in [0, 0.1) is 24.7 Å². The molecule has 2 aliphatic rings. The van der Waals surface area contributed by atoms with Crippen molar-refractivity contribution in [3.05, 3.63) is 65.2 Å². The number of rotatable bonds is 12. The van der Waals surface area contributed by atoms with Crippen LogP contribution in [-0.4, -0.2) is 57.5 Å². The second-order valence-corrected chi connectivity index (χ2v) is 16.9. The molecule has 1 aromatic heterocycles. The quantitative estimate of drug-likeness (QED) is 0.138. The van der Waals surface area contributed by atoms with Crippen LogP contribution >= 0.6 is 11.9 Å². The van der Waals surface area contributed by atoms with Gasteiger partial charge in [0, 0.05) is 34.7 Å². The molecule has 2 fully saturated rings. The third-order valence-corrected chi connectivity index (χ3v) is 9.76. The van der Waals surface area contributed by atoms with E-state index in [9.17, 15) is 14.7 Å². The van der Waals surface area contributed by atoms with Crippen molar-refractivity contribution >= 4 is 30.0 Å². The van der Waals surface area contributed by atoms with Crippen LogP contribution in [0.2, 0.25) is 0 Å². The summed E-state index contributed by atoms with van der Waals surface area (Å²) in [6, 6.07) is 15.5. The Kier molecular flexibility index (Phi) is 10.8. The van der Waals surface area contributed by atoms with Gasteiger partial charge in [-0.25, -0.2) is 14.6 Å². The van der Waals surface area contributed by atoms with Crippen molar-refractivity contribution in [3.63, 3.8) is 0 Å². The van der Waals surface area contributed by atoms with Gasteiger partial charge in [-0.3, -0.25) is 4.72 Å². The number of carboxylic acids is 1. The average molecular weight is 690 g/mol. The maximum atomic E-state index is 12.2. The molecule has 1 amide bonds. The molecule has 10 nitrogen and oxygen atoms in total. The van der Waals surface area contributed by atoms with Crippen molar-refractivity contribution in [2.45, 2.75) is 116 Å². The van der Waals surface area contributed by atoms with Crippen molar-refractivity contribution in [3.8, 4) is 17.1 Å². The lowest BCUT2D eigenvalue weighted by atomic mass is 9.52. The van der Waals surface area contributed by atoms with E-state index in [1.54, 1.807) is 18.2 Å². The summed E-state index contributed by atoms with van der Waals surface area (Å²) in [7, 11) is 0. The molecule has 1 heterocycles. The van der Waals surface area contributed by atoms with Crippen molar-refractivity contribution in [1.82, 2.24) is 20.6 Å². The van der Waals surface area contributed by atoms with Gasteiger partial charge in [0.1, 0.15) is 12.2 Å². The fraction of sp³-hybridized carbons (Fsp3) is 0.526. The number of nitrogens with one attached hydrogen (secondary N) is 3. The lowest BCUT2D eigenvalue weighted by molar-refractivity contribution is -0.0382. The number of aryl methyl sites for hydroxylation is 2. The van der Waals surface area contributed by atoms with Crippen molar-refractivity contribution in [2.24, 2.45) is 10.8 Å². The van der Waals surface area contributed by atoms with Crippen LogP contribution in [0.15, 0.2) is 53.4 Å². The Hall–Kier alpha value is -3.83. The van der Waals surface area contributed by atoms with Crippen LogP contribution in [0.5, 0.6) is 5.88 Å². The Morgan fingerprint density at radius 1 is 0.959 bits per heavy atom. The Bertz CT molecular complexity index is 1630. The van der Waals surface area contributed by atoms with Gasteiger partial charge >= 0.3 is 12.1 Å². The fourth-order valence-electron chi connectivity index (χ4n) is 7.11. The number of nitrogens with zero attached hydrogens (tertiary/aromatic N) is 2. The summed E-state index contributed by atoms with van der Waals surface area (Å²) in [5, 5.41) is 16.3. The van der Waals surface area contributed by atoms with E-state index in [0.717, 1.165) is 59.4 Å². The Morgan fingerprint density at radius 2 is 1.61 bits per heavy atom. The van der Waals surface area contributed by atoms with Crippen LogP contribution in [0.3, 0.4) is 0 Å². The molecule has 264 valence electrons. The number of benzene rings is 2. The summed E-state index contributed by atoms with van der Waals surface area (Å²) in [6.45, 7) is 16.9. The number of ether oxygens (including phenoxy) is 2. The first-order valence-corrected chi connectivity index (χ1v) is 17.9. The van der Waals surface area contributed by atoms with Crippen LogP contribution in [0.1, 0.15) is 95.1 Å². The molecular formula is C38H51N5O5S. The molecule has 1 unspecified atom stereocenters. The van der Waals surface area contributed by atoms with Crippen LogP contribution in [0.4, 0.5) is 10.7 Å². The van der Waals surface area contributed by atoms with Gasteiger partial charge < -0.3 is 25.2 Å². The minimum atomic E-state index is -0.978. The summed E-state index contributed by atoms with van der Waals surface area (Å²) in [4.78, 5) is 34.0. The van der Waals surface area contributed by atoms with Gasteiger partial charge in [0.05, 0.1) is 11.3 Å². The molecule has 0 bridgehead atoms. The molecular weight excluding hydrogens is 639 g/mol. The number of aromatic nitrogens is 2. The second kappa shape index (κ2) is 14.6. The third kappa shape index (κ3) is 10.1. The third-order valence-electron chi connectivity index (χ3n) is 8.98. The predicted octanol–water partition coefficient (Wildman–Crippen LogP) is 8.19. The SMILES string of the molecule is Cc1cccc(C)c1-c1cc(OCC(CC(C)(C)C)NC2CC3(CC(NC(=O)OC(C)(C)C)C3)C2)nc(NSc2cccc(C(=O)O)c2)n1. The summed E-state index contributed by atoms with van der Waals surface area (Å²) >= 11 is 1.25. The molecule has 0 saturated heterocycles. The Balaban J connectivity index is 1.25. The summed E-state index contributed by atoms with van der Waals surface area (Å²) in [6.07, 6.45) is 4.73. The number of hydrogen-bond acceptors (Lipinski definition) is 9. The van der Waals surface area contributed by atoms with Gasteiger partial charge in [-0.15, -0.1) is 0 Å². The predicted molar refractivity (Wildman–Crippen MR) is 194 cm³/mol. The van der Waals surface area contributed by atoms with E-state index >= 15 is 0 Å². The lowest BCUT2D eigenvalue weighted by Crippen LogP contribution is -2.62. The zero-order valence-electron chi connectivity index (χ0n) is 30.0. The number of alkyl carbamates (subject to hydrolysis) is 1. The van der Waals surface area contributed by atoms with E-state index in [0.29, 0.717) is 29.9 Å². The molecule has 1 atom stereocenters. The number of carboxylic acid groups (broad SMARTS) is 1. The monoisotopic (exact) mass is 689 g/mol. The first kappa shape index (κ1) is 36.5. The normalized spacial score (nSPS) is 20.9. The highest BCUT2D eigenvalue weighted by molar-refractivity contribution is 8.00. The molecule has 1 spiro atoms. The molecule has 49 heavy (non-hydrogen) atoms. The van der Waals surface area contributed by atoms with E-state index in [-0.39, 0.29) is 29.2 Å². The van der Waals surface area contributed by atoms with Gasteiger partial charge in [-0.2, -0.15) is 4.98 Å². The summed E-state index contributed by atoms with van der Waals surface area (Å²) in [5.41, 5.74) is 4.07. The standard InChI is InChI=1S/C38H51N5O5S/c1-23-11-9-12-24(2)32(23)30-16-31(42-34(41-30)43-49-29-14-10-13-25(15-29)33(44)45)47-22-28(17-36(3,4)5)39-26-18-38(19-26)20-27(21-38)40-35(46)48-37(6,7)8/h9-16,26-28,39H,17-22H2,1-8H3,(H,40,46)(H,44,45)(H,41,42,43). The molecule has 0 aliphatic heterocycles. The van der Waals surface area contributed by atoms with Gasteiger partial charge in [0.15, 0.2) is 0 Å². The highest BCUT2D eigenvalue weighted by Gasteiger charge is 2.53. The van der Waals surface area contributed by atoms with E-state index in [1.165, 1.54) is 11.9 Å². The molecule has 11 heteroatoms. The number of aromatic carboxylic acids is 1. The highest BCUT2D eigenvalue weighted by atomic mass is 32.2. The fourth-order valence-corrected chi connectivity index (χ4v) is 7.74. The minimum Gasteiger partial charge on any atom is -0.478 e. The number of anilines is 1. The smallest absolute Gasteiger partial charge is 0.407 e. The molecule has 0 radical (unpaired) electrons. The van der Waals surface area contributed by atoms with Crippen LogP contribution < -0.4 is 20.1 Å². The van der Waals surface area contributed by atoms with Crippen molar-refractivity contribution in [2.75, 3.05) is 11.3 Å². The number of hydrogen-bond donors (Lipinski definition) is 4. The van der Waals surface area contributed by atoms with E-state index in [4.69, 9.17) is 19.4 Å². The summed E-state index contributed by atoms with van der Waals surface area (Å²) in [5.74, 6) is -0.133. The second-order valence-electron chi connectivity index (χ2n) is 16.0. The molecule has 2 aromatic carbocycles. The van der Waals surface area contributed by atoms with Crippen molar-refractivity contribution < 1.29 is 24.2 Å². The Labute approximate surface area is 294 Å². The van der Waals surface area contributed by atoms with Gasteiger partial charge in [0.25, 0.3) is 0 Å². The number of carbonyl (C=O) groups is 2. The topological polar surface area (TPSA) is 135 Å². The van der Waals surface area contributed by atoms with E-state index < -0.39 is 11.6 Å². The first-order valence-electron chi connectivity index (χ1n) is 17.1. The van der Waals surface area contributed by atoms with E-state index in [1.807, 2.05) is 39.0 Å². The molecule has 4 N–H and O–H groups in total. The number of amides is 1. The maximum absolute atomic E-state index is 12.2. The van der Waals surface area contributed by atoms with Crippen molar-refractivity contribution in [1.29, 1.82) is 0 Å². The average Bonchev–Trinajstić information content (AvgIpc) is 2.95. The lowest BCUT2D eigenvalue weighted by Gasteiger charge is -2.58. The molecule has 2 saturated carbocycles. The van der Waals surface area contributed by atoms with Gasteiger partial charge in [-0.05, 0) is 119 Å². The maximum Gasteiger partial charge on any atom is 0.407 e. The summed E-state index contributed by atoms with van der Waals surface area (Å²) < 4.78 is 15.1. The van der Waals surface area contributed by atoms with E-state index in [2.05, 4.69) is 62.1 Å². The highest BCUT2D eigenvalue weighted by Crippen LogP contribution is 2.56. The Morgan fingerprint density at radius 3 is 2.24 bits per heavy atom. The molecule has 5 rings (SSSR count). The zero-order valence-corrected chi connectivity index (χ0v) is 30.8. The molecule has 2 aliphatic carbocycles. The first-order chi connectivity index (χ1) is 23.0.